The minimum absolute atomic E-state index is 0. The zero-order valence-electron chi connectivity index (χ0n) is 92.4. The number of thiophene rings is 18. The summed E-state index contributed by atoms with van der Waals surface area (Å²) in [6.45, 7) is 67.9. The van der Waals surface area contributed by atoms with Crippen LogP contribution in [0.15, 0.2) is 206 Å². The van der Waals surface area contributed by atoms with Crippen molar-refractivity contribution in [2.24, 2.45) is 0 Å². The van der Waals surface area contributed by atoms with Gasteiger partial charge in [0.2, 0.25) is 0 Å². The second kappa shape index (κ2) is 53.1. The van der Waals surface area contributed by atoms with E-state index in [0.29, 0.717) is 0 Å². The first-order valence-corrected chi connectivity index (χ1v) is 65.2. The fourth-order valence-corrected chi connectivity index (χ4v) is 36.7. The summed E-state index contributed by atoms with van der Waals surface area (Å²) in [4.78, 5) is 32.8. The summed E-state index contributed by atoms with van der Waals surface area (Å²) in [5.41, 5.74) is 8.66. The van der Waals surface area contributed by atoms with Gasteiger partial charge in [0, 0.05) is 240 Å². The molecule has 9 aromatic carbocycles. The molecule has 774 valence electrons. The summed E-state index contributed by atoms with van der Waals surface area (Å²) in [6, 6.07) is 84.1. The molecule has 0 radical (unpaired) electrons. The van der Waals surface area contributed by atoms with Gasteiger partial charge in [-0.25, -0.2) is 12.1 Å². The Bertz CT molecular complexity index is 8130. The molecule has 27 rings (SSSR count). The first-order chi connectivity index (χ1) is 70.5. The summed E-state index contributed by atoms with van der Waals surface area (Å²) >= 11 is 34.1. The summed E-state index contributed by atoms with van der Waals surface area (Å²) in [5.74, 6) is 0. The third-order valence-electron chi connectivity index (χ3n) is 24.3. The summed E-state index contributed by atoms with van der Waals surface area (Å²) in [7, 11) is 0. The van der Waals surface area contributed by atoms with Crippen molar-refractivity contribution in [3.05, 3.63) is 332 Å². The Labute approximate surface area is 972 Å². The first-order valence-electron chi connectivity index (χ1n) is 50.5. The topological polar surface area (TPSA) is 0 Å². The fourth-order valence-electron chi connectivity index (χ4n) is 18.6. The Hall–Kier alpha value is -7.83. The van der Waals surface area contributed by atoms with E-state index in [1.807, 2.05) is 277 Å². The number of benzene rings is 9. The maximum atomic E-state index is 3.23. The Kier molecular flexibility index (Phi) is 42.7. The summed E-state index contributed by atoms with van der Waals surface area (Å²) in [6.07, 6.45) is 0. The van der Waals surface area contributed by atoms with Gasteiger partial charge < -0.3 is 37.5 Å². The van der Waals surface area contributed by atoms with Crippen LogP contribution in [0, 0.1) is 165 Å². The molecule has 0 N–H and O–H groups in total. The maximum absolute atomic E-state index is 3.23. The van der Waals surface area contributed by atoms with E-state index >= 15 is 0 Å². The quantitative estimate of drug-likeness (QED) is 0.151. The molecule has 0 fully saturated rings. The van der Waals surface area contributed by atoms with Crippen molar-refractivity contribution in [1.29, 1.82) is 0 Å². The molecule has 0 aliphatic rings. The predicted octanol–water partition coefficient (Wildman–Crippen LogP) is 51.4. The van der Waals surface area contributed by atoms with Crippen LogP contribution in [0.5, 0.6) is 0 Å². The first kappa shape index (κ1) is 120. The number of hydrogen-bond acceptors (Lipinski definition) is 18. The van der Waals surface area contributed by atoms with Crippen molar-refractivity contribution >= 4 is 357 Å². The van der Waals surface area contributed by atoms with E-state index in [9.17, 15) is 0 Å². The van der Waals surface area contributed by atoms with Crippen molar-refractivity contribution in [3.8, 4) is 51.5 Å². The average molecular weight is 2460 g/mol. The summed E-state index contributed by atoms with van der Waals surface area (Å²) in [5, 5.41) is 25.2. The van der Waals surface area contributed by atoms with Crippen molar-refractivity contribution in [3.63, 3.8) is 0 Å². The molecule has 0 spiro atoms. The van der Waals surface area contributed by atoms with Gasteiger partial charge in [-0.1, -0.05) is 133 Å². The molecule has 19 heteroatoms. The zero-order chi connectivity index (χ0) is 105. The Balaban J connectivity index is 0.000000153. The van der Waals surface area contributed by atoms with Crippen LogP contribution in [0.3, 0.4) is 0 Å². The summed E-state index contributed by atoms with van der Waals surface area (Å²) < 4.78 is 17.1. The molecule has 0 bridgehead atoms. The van der Waals surface area contributed by atoms with E-state index < -0.39 is 0 Å². The van der Waals surface area contributed by atoms with Crippen molar-refractivity contribution < 1.29 is 21.1 Å². The SMILES string of the molecule is CC.CC.CC.CC.CC.CC.Cc1c[c-]c(-c2[c-]cc(C)s2)s1.Cc1cc2c(C)c3sc(C)cc3c(C)c2s1.Cc1cc2c(ccc3c4cc(C)sc4ccc23)s1.Cc1cc2cc3cc4sc(C)cc4cc3cc2s1.Cc1cc2ccc3c(ccc4cc(C)sc43)c2s1.Cc1ccc(-c2c3cc(C)sc3c(-c3ccc(C)s3)c3cc(C)sc23)s1.Cc1ccc(-c2c3cc(C)sc3c(-c3ccc(C)s3)c3cc(C)sc23)s1.[CH3-].[CH3-].[W]. The number of rotatable bonds is 5. The minimum atomic E-state index is 0. The minimum Gasteiger partial charge on any atom is -0.358 e. The van der Waals surface area contributed by atoms with Crippen molar-refractivity contribution in [1.82, 2.24) is 0 Å². The molecule has 18 heterocycles. The predicted molar refractivity (Wildman–Crippen MR) is 710 cm³/mol. The van der Waals surface area contributed by atoms with Gasteiger partial charge in [0.15, 0.2) is 0 Å². The molecule has 0 saturated heterocycles. The second-order valence-electron chi connectivity index (χ2n) is 35.0. The van der Waals surface area contributed by atoms with Crippen LogP contribution in [-0.2, 0) is 21.1 Å². The largest absolute Gasteiger partial charge is 0.358 e. The van der Waals surface area contributed by atoms with E-state index in [1.165, 1.54) is 304 Å². The van der Waals surface area contributed by atoms with Gasteiger partial charge in [-0.2, -0.15) is 21.9 Å². The van der Waals surface area contributed by atoms with Crippen LogP contribution in [0.1, 0.15) is 182 Å². The number of fused-ring (bicyclic) bond motifs is 19. The van der Waals surface area contributed by atoms with Gasteiger partial charge >= 0.3 is 0 Å². The van der Waals surface area contributed by atoms with E-state index in [0.717, 1.165) is 0 Å². The Morgan fingerprint density at radius 1 is 0.154 bits per heavy atom. The maximum Gasteiger partial charge on any atom is 0.0445 e. The smallest absolute Gasteiger partial charge is 0.0445 e. The van der Waals surface area contributed by atoms with Gasteiger partial charge in [0.05, 0.1) is 0 Å². The van der Waals surface area contributed by atoms with Gasteiger partial charge in [-0.15, -0.1) is 191 Å². The zero-order valence-corrected chi connectivity index (χ0v) is 110. The molecule has 0 aliphatic heterocycles. The molecule has 0 saturated carbocycles. The van der Waals surface area contributed by atoms with Crippen molar-refractivity contribution in [2.45, 2.75) is 222 Å². The Morgan fingerprint density at radius 3 is 0.664 bits per heavy atom. The number of aryl methyl sites for hydroxylation is 20. The van der Waals surface area contributed by atoms with Crippen LogP contribution in [-0.4, -0.2) is 0 Å². The molecule has 18 aromatic heterocycles. The van der Waals surface area contributed by atoms with Crippen LogP contribution in [0.25, 0.3) is 205 Å². The van der Waals surface area contributed by atoms with Gasteiger partial charge in [0.1, 0.15) is 0 Å². The van der Waals surface area contributed by atoms with Crippen LogP contribution in [0.4, 0.5) is 0 Å². The van der Waals surface area contributed by atoms with Crippen LogP contribution in [0.2, 0.25) is 0 Å². The van der Waals surface area contributed by atoms with Gasteiger partial charge in [-0.3, -0.25) is 0 Å². The molecule has 149 heavy (non-hydrogen) atoms. The van der Waals surface area contributed by atoms with E-state index in [4.69, 9.17) is 0 Å². The monoisotopic (exact) mass is 2460 g/mol. The standard InChI is InChI=1S/2C22H18S4.3C16H12S2.C14H14S2.C10H8S2.6C2H6.2CH3.W/c2*1-11-5-7-17(23-11)19-15-9-13(3)26-22(15)20(18-8-6-12(2)24-18)16-10-14(4)25-21(16)19;1-9-3-13-5-11-8-16-14(4-10(2)18-16)6-12(11)7-15(13)17-9;1-9-7-13-11-4-6-16-14(8-10(2)18-16)12(11)3-5-15(13)17-9;1-9-7-11-3-5-14-13(15(11)17-9)6-4-12-8-10(2)18-16(12)14;1-7-5-11-9(3)14-12(6-8(2)16-14)10(4)13(11)15-7;1-7-3-5-9(11-7)10-6-4-8(2)12-10;6*1-2;;;/h2*5-10H,1-4H3;3*3-8H,1-2H3;5-6H,1-4H3;3-4H,1-2H3;6*1-2H3;2*1H3;/q;;;;;;-2;;;;;;;2*-1;. The van der Waals surface area contributed by atoms with E-state index in [2.05, 4.69) is 345 Å². The average Bonchev–Trinajstić information content (AvgIpc) is 1.53. The fraction of sp³-hybridized carbons (Fsp3) is 0.246. The number of hydrogen-bond donors (Lipinski definition) is 0. The molecular weight excluding hydrogens is 2320 g/mol. The second-order valence-corrected chi connectivity index (χ2v) is 57.9. The third-order valence-corrected chi connectivity index (χ3v) is 43.3. The van der Waals surface area contributed by atoms with Gasteiger partial charge in [0.25, 0.3) is 0 Å². The molecule has 0 unspecified atom stereocenters. The van der Waals surface area contributed by atoms with E-state index in [1.54, 1.807) is 22.7 Å². The molecule has 0 aliphatic carbocycles. The van der Waals surface area contributed by atoms with Crippen molar-refractivity contribution in [2.75, 3.05) is 0 Å². The molecule has 0 atom stereocenters. The Morgan fingerprint density at radius 2 is 0.389 bits per heavy atom. The molecule has 0 amide bonds. The molecule has 0 nitrogen and oxygen atoms in total. The molecule has 27 aromatic rings. The van der Waals surface area contributed by atoms with E-state index in [-0.39, 0.29) is 35.9 Å². The van der Waals surface area contributed by atoms with Gasteiger partial charge in [-0.05, 0) is 347 Å². The third kappa shape index (κ3) is 25.8. The van der Waals surface area contributed by atoms with Crippen LogP contribution < -0.4 is 0 Å². The normalized spacial score (nSPS) is 10.8. The van der Waals surface area contributed by atoms with Crippen LogP contribution >= 0.6 is 204 Å². The molecular formula is C130H136S18W-4.